The van der Waals surface area contributed by atoms with Crippen molar-refractivity contribution < 1.29 is 8.42 Å². The van der Waals surface area contributed by atoms with E-state index in [2.05, 4.69) is 21.5 Å². The molecule has 0 aliphatic carbocycles. The molecule has 140 valence electrons. The monoisotopic (exact) mass is 373 g/mol. The van der Waals surface area contributed by atoms with Gasteiger partial charge < -0.3 is 4.90 Å². The van der Waals surface area contributed by atoms with Crippen LogP contribution in [0.2, 0.25) is 0 Å². The van der Waals surface area contributed by atoms with Gasteiger partial charge in [-0.3, -0.25) is 4.72 Å². The lowest BCUT2D eigenvalue weighted by molar-refractivity contribution is 0.449. The highest BCUT2D eigenvalue weighted by Crippen LogP contribution is 2.27. The van der Waals surface area contributed by atoms with Crippen molar-refractivity contribution in [3.05, 3.63) is 47.7 Å². The van der Waals surface area contributed by atoms with Gasteiger partial charge in [0.1, 0.15) is 5.82 Å². The molecule has 1 atom stereocenters. The van der Waals surface area contributed by atoms with Crippen molar-refractivity contribution in [2.75, 3.05) is 16.2 Å². The zero-order valence-corrected chi connectivity index (χ0v) is 16.5. The van der Waals surface area contributed by atoms with Gasteiger partial charge in [0.2, 0.25) is 0 Å². The van der Waals surface area contributed by atoms with Crippen molar-refractivity contribution in [1.82, 2.24) is 4.98 Å². The summed E-state index contributed by atoms with van der Waals surface area (Å²) in [5.41, 5.74) is 2.83. The minimum Gasteiger partial charge on any atom is -0.367 e. The highest BCUT2D eigenvalue weighted by atomic mass is 32.2. The molecule has 1 aromatic carbocycles. The number of piperidine rings is 1. The van der Waals surface area contributed by atoms with Gasteiger partial charge in [0, 0.05) is 12.6 Å². The summed E-state index contributed by atoms with van der Waals surface area (Å²) in [5.74, 6) is 0.346. The number of hydrogen-bond donors (Lipinski definition) is 1. The van der Waals surface area contributed by atoms with E-state index in [4.69, 9.17) is 0 Å². The molecule has 1 N–H and O–H groups in total. The van der Waals surface area contributed by atoms with Crippen molar-refractivity contribution in [3.8, 4) is 0 Å². The van der Waals surface area contributed by atoms with Gasteiger partial charge in [-0.15, -0.1) is 0 Å². The molecule has 6 heteroatoms. The topological polar surface area (TPSA) is 62.3 Å². The number of rotatable bonds is 5. The molecule has 2 aromatic rings. The molecule has 0 amide bonds. The molecule has 26 heavy (non-hydrogen) atoms. The summed E-state index contributed by atoms with van der Waals surface area (Å²) in [6.07, 6.45) is 6.56. The van der Waals surface area contributed by atoms with Crippen LogP contribution in [0.15, 0.2) is 41.4 Å². The van der Waals surface area contributed by atoms with Crippen molar-refractivity contribution in [1.29, 1.82) is 0 Å². The zero-order chi connectivity index (χ0) is 18.7. The SMILES string of the molecule is CCC1CCCCN1c1ccc(NS(=O)(=O)c2ccc(C)cc2C)nc1. The summed E-state index contributed by atoms with van der Waals surface area (Å²) >= 11 is 0. The smallest absolute Gasteiger partial charge is 0.263 e. The van der Waals surface area contributed by atoms with Crippen molar-refractivity contribution in [2.45, 2.75) is 57.4 Å². The Kier molecular flexibility index (Phi) is 5.51. The minimum absolute atomic E-state index is 0.288. The predicted octanol–water partition coefficient (Wildman–Crippen LogP) is 4.27. The van der Waals surface area contributed by atoms with Gasteiger partial charge in [0.25, 0.3) is 10.0 Å². The van der Waals surface area contributed by atoms with Crippen LogP contribution in [0.3, 0.4) is 0 Å². The van der Waals surface area contributed by atoms with E-state index in [1.54, 1.807) is 31.3 Å². The molecule has 0 bridgehead atoms. The molecule has 1 fully saturated rings. The summed E-state index contributed by atoms with van der Waals surface area (Å²) in [6, 6.07) is 9.56. The number of nitrogens with zero attached hydrogens (tertiary/aromatic N) is 2. The maximum absolute atomic E-state index is 12.7. The Morgan fingerprint density at radius 1 is 1.19 bits per heavy atom. The Bertz CT molecular complexity index is 863. The van der Waals surface area contributed by atoms with Crippen LogP contribution in [0.4, 0.5) is 11.5 Å². The van der Waals surface area contributed by atoms with Crippen LogP contribution in [0.1, 0.15) is 43.7 Å². The summed E-state index contributed by atoms with van der Waals surface area (Å²) in [5, 5.41) is 0. The standard InChI is InChI=1S/C20H27N3O2S/c1-4-17-7-5-6-12-23(17)18-9-11-20(21-14-18)22-26(24,25)19-10-8-15(2)13-16(19)3/h8-11,13-14,17H,4-7,12H2,1-3H3,(H,21,22). The third-order valence-electron chi connectivity index (χ3n) is 5.04. The summed E-state index contributed by atoms with van der Waals surface area (Å²) in [7, 11) is -3.64. The van der Waals surface area contributed by atoms with Gasteiger partial charge in [-0.25, -0.2) is 13.4 Å². The number of nitrogens with one attached hydrogen (secondary N) is 1. The molecule has 1 unspecified atom stereocenters. The third kappa shape index (κ3) is 4.01. The molecule has 5 nitrogen and oxygen atoms in total. The second-order valence-corrected chi connectivity index (χ2v) is 8.68. The average molecular weight is 374 g/mol. The van der Waals surface area contributed by atoms with Crippen LogP contribution < -0.4 is 9.62 Å². The molecule has 1 saturated heterocycles. The second kappa shape index (κ2) is 7.66. The van der Waals surface area contributed by atoms with Gasteiger partial charge in [0.05, 0.1) is 16.8 Å². The van der Waals surface area contributed by atoms with Crippen LogP contribution in [0.25, 0.3) is 0 Å². The fraction of sp³-hybridized carbons (Fsp3) is 0.450. The van der Waals surface area contributed by atoms with Crippen LogP contribution in [0, 0.1) is 13.8 Å². The lowest BCUT2D eigenvalue weighted by Gasteiger charge is -2.37. The van der Waals surface area contributed by atoms with Gasteiger partial charge in [-0.05, 0) is 63.3 Å². The molecule has 0 radical (unpaired) electrons. The zero-order valence-electron chi connectivity index (χ0n) is 15.7. The number of pyridine rings is 1. The first-order valence-electron chi connectivity index (χ1n) is 9.23. The summed E-state index contributed by atoms with van der Waals surface area (Å²) in [6.45, 7) is 7.00. The Hall–Kier alpha value is -2.08. The molecule has 0 saturated carbocycles. The fourth-order valence-corrected chi connectivity index (χ4v) is 4.91. The number of aromatic nitrogens is 1. The van der Waals surface area contributed by atoms with Crippen molar-refractivity contribution in [2.24, 2.45) is 0 Å². The number of benzene rings is 1. The molecular formula is C20H27N3O2S. The Morgan fingerprint density at radius 3 is 2.65 bits per heavy atom. The Labute approximate surface area is 156 Å². The largest absolute Gasteiger partial charge is 0.367 e. The third-order valence-corrected chi connectivity index (χ3v) is 6.55. The number of sulfonamides is 1. The lowest BCUT2D eigenvalue weighted by atomic mass is 9.99. The Morgan fingerprint density at radius 2 is 2.00 bits per heavy atom. The first kappa shape index (κ1) is 18.7. The molecule has 0 spiro atoms. The minimum atomic E-state index is -3.64. The molecule has 1 aliphatic rings. The normalized spacial score (nSPS) is 18.0. The average Bonchev–Trinajstić information content (AvgIpc) is 2.61. The van der Waals surface area contributed by atoms with Crippen LogP contribution in [0.5, 0.6) is 0 Å². The highest BCUT2D eigenvalue weighted by molar-refractivity contribution is 7.92. The van der Waals surface area contributed by atoms with E-state index in [9.17, 15) is 8.42 Å². The van der Waals surface area contributed by atoms with Crippen molar-refractivity contribution in [3.63, 3.8) is 0 Å². The highest BCUT2D eigenvalue weighted by Gasteiger charge is 2.22. The number of aryl methyl sites for hydroxylation is 2. The maximum atomic E-state index is 12.7. The fourth-order valence-electron chi connectivity index (χ4n) is 3.67. The van der Waals surface area contributed by atoms with Gasteiger partial charge >= 0.3 is 0 Å². The summed E-state index contributed by atoms with van der Waals surface area (Å²) in [4.78, 5) is 7.02. The summed E-state index contributed by atoms with van der Waals surface area (Å²) < 4.78 is 27.9. The number of anilines is 2. The van der Waals surface area contributed by atoms with Gasteiger partial charge in [0.15, 0.2) is 0 Å². The van der Waals surface area contributed by atoms with E-state index in [1.165, 1.54) is 19.3 Å². The second-order valence-electron chi connectivity index (χ2n) is 7.03. The van der Waals surface area contributed by atoms with E-state index >= 15 is 0 Å². The molecular weight excluding hydrogens is 346 g/mol. The van der Waals surface area contributed by atoms with Gasteiger partial charge in [-0.1, -0.05) is 24.6 Å². The van der Waals surface area contributed by atoms with Crippen LogP contribution in [-0.2, 0) is 10.0 Å². The molecule has 2 heterocycles. The van der Waals surface area contributed by atoms with E-state index in [1.807, 2.05) is 19.1 Å². The molecule has 1 aliphatic heterocycles. The first-order chi connectivity index (χ1) is 12.4. The van der Waals surface area contributed by atoms with E-state index in [0.29, 0.717) is 11.9 Å². The van der Waals surface area contributed by atoms with Crippen LogP contribution in [-0.4, -0.2) is 26.0 Å². The van der Waals surface area contributed by atoms with E-state index in [-0.39, 0.29) is 4.90 Å². The number of hydrogen-bond acceptors (Lipinski definition) is 4. The van der Waals surface area contributed by atoms with Gasteiger partial charge in [-0.2, -0.15) is 0 Å². The quantitative estimate of drug-likeness (QED) is 0.850. The van der Waals surface area contributed by atoms with Crippen molar-refractivity contribution >= 4 is 21.5 Å². The maximum Gasteiger partial charge on any atom is 0.263 e. The molecule has 3 rings (SSSR count). The van der Waals surface area contributed by atoms with E-state index < -0.39 is 10.0 Å². The Balaban J connectivity index is 1.78. The van der Waals surface area contributed by atoms with Crippen LogP contribution >= 0.6 is 0 Å². The lowest BCUT2D eigenvalue weighted by Crippen LogP contribution is -2.39. The van der Waals surface area contributed by atoms with E-state index in [0.717, 1.165) is 29.8 Å². The first-order valence-corrected chi connectivity index (χ1v) is 10.7. The predicted molar refractivity (Wildman–Crippen MR) is 106 cm³/mol. The molecule has 1 aromatic heterocycles.